The van der Waals surface area contributed by atoms with Gasteiger partial charge in [-0.1, -0.05) is 13.3 Å². The minimum atomic E-state index is -0.142. The van der Waals surface area contributed by atoms with Gasteiger partial charge in [-0.15, -0.1) is 0 Å². The molecule has 0 unspecified atom stereocenters. The Hall–Kier alpha value is -1.16. The molecule has 0 aliphatic rings. The van der Waals surface area contributed by atoms with Crippen molar-refractivity contribution in [2.45, 2.75) is 45.6 Å². The molecular formula is C13H24N4. The van der Waals surface area contributed by atoms with Gasteiger partial charge in [-0.3, -0.25) is 0 Å². The van der Waals surface area contributed by atoms with Crippen molar-refractivity contribution in [3.63, 3.8) is 0 Å². The first-order valence-electron chi connectivity index (χ1n) is 6.23. The van der Waals surface area contributed by atoms with Crippen LogP contribution in [-0.4, -0.2) is 29.1 Å². The Morgan fingerprint density at radius 3 is 2.35 bits per heavy atom. The number of aryl methyl sites for hydroxylation is 1. The standard InChI is InChI=1S/C13H24N4/c1-5-6-11-9-15-12(16-10-11)17(4)8-7-13(2,3)14/h9-10H,5-8,14H2,1-4H3. The number of aromatic nitrogens is 2. The van der Waals surface area contributed by atoms with Gasteiger partial charge in [0.15, 0.2) is 0 Å². The van der Waals surface area contributed by atoms with Gasteiger partial charge in [0, 0.05) is 31.5 Å². The zero-order chi connectivity index (χ0) is 12.9. The van der Waals surface area contributed by atoms with E-state index in [9.17, 15) is 0 Å². The highest BCUT2D eigenvalue weighted by atomic mass is 15.2. The minimum absolute atomic E-state index is 0.142. The fourth-order valence-electron chi connectivity index (χ4n) is 1.52. The van der Waals surface area contributed by atoms with Crippen molar-refractivity contribution >= 4 is 5.95 Å². The molecule has 0 aliphatic heterocycles. The summed E-state index contributed by atoms with van der Waals surface area (Å²) in [5.41, 5.74) is 7.01. The summed E-state index contributed by atoms with van der Waals surface area (Å²) in [6.07, 6.45) is 6.91. The SMILES string of the molecule is CCCc1cnc(N(C)CCC(C)(C)N)nc1. The van der Waals surface area contributed by atoms with Gasteiger partial charge in [0.1, 0.15) is 0 Å². The smallest absolute Gasteiger partial charge is 0.224 e. The molecule has 0 saturated carbocycles. The van der Waals surface area contributed by atoms with Gasteiger partial charge >= 0.3 is 0 Å². The molecule has 0 spiro atoms. The second kappa shape index (κ2) is 5.96. The summed E-state index contributed by atoms with van der Waals surface area (Å²) in [6.45, 7) is 7.10. The first kappa shape index (κ1) is 13.9. The van der Waals surface area contributed by atoms with E-state index < -0.39 is 0 Å². The lowest BCUT2D eigenvalue weighted by atomic mass is 10.0. The van der Waals surface area contributed by atoms with Crippen molar-refractivity contribution < 1.29 is 0 Å². The third-order valence-corrected chi connectivity index (χ3v) is 2.66. The van der Waals surface area contributed by atoms with Gasteiger partial charge in [-0.2, -0.15) is 0 Å². The normalized spacial score (nSPS) is 11.6. The molecule has 0 bridgehead atoms. The van der Waals surface area contributed by atoms with E-state index in [0.29, 0.717) is 0 Å². The average molecular weight is 236 g/mol. The summed E-state index contributed by atoms with van der Waals surface area (Å²) >= 11 is 0. The lowest BCUT2D eigenvalue weighted by molar-refractivity contribution is 0.477. The van der Waals surface area contributed by atoms with Crippen LogP contribution in [0.5, 0.6) is 0 Å². The van der Waals surface area contributed by atoms with Crippen molar-refractivity contribution in [3.8, 4) is 0 Å². The molecule has 1 aromatic heterocycles. The molecule has 17 heavy (non-hydrogen) atoms. The van der Waals surface area contributed by atoms with Crippen LogP contribution in [0.3, 0.4) is 0 Å². The van der Waals surface area contributed by atoms with Gasteiger partial charge in [-0.25, -0.2) is 9.97 Å². The molecule has 0 radical (unpaired) electrons. The van der Waals surface area contributed by atoms with E-state index in [-0.39, 0.29) is 5.54 Å². The first-order valence-corrected chi connectivity index (χ1v) is 6.23. The molecule has 0 aromatic carbocycles. The van der Waals surface area contributed by atoms with Crippen molar-refractivity contribution in [3.05, 3.63) is 18.0 Å². The van der Waals surface area contributed by atoms with Crippen molar-refractivity contribution in [2.75, 3.05) is 18.5 Å². The molecule has 96 valence electrons. The average Bonchev–Trinajstić information content (AvgIpc) is 2.26. The minimum Gasteiger partial charge on any atom is -0.344 e. The molecule has 0 saturated heterocycles. The quantitative estimate of drug-likeness (QED) is 0.820. The number of nitrogens with two attached hydrogens (primary N) is 1. The summed E-state index contributed by atoms with van der Waals surface area (Å²) in [5, 5.41) is 0. The Bertz CT molecular complexity index is 326. The molecule has 1 rings (SSSR count). The van der Waals surface area contributed by atoms with E-state index in [1.807, 2.05) is 38.2 Å². The highest BCUT2D eigenvalue weighted by molar-refractivity contribution is 5.28. The monoisotopic (exact) mass is 236 g/mol. The fraction of sp³-hybridized carbons (Fsp3) is 0.692. The van der Waals surface area contributed by atoms with Gasteiger partial charge in [-0.05, 0) is 32.3 Å². The maximum atomic E-state index is 5.96. The zero-order valence-corrected chi connectivity index (χ0v) is 11.4. The topological polar surface area (TPSA) is 55.0 Å². The Morgan fingerprint density at radius 2 is 1.88 bits per heavy atom. The van der Waals surface area contributed by atoms with Crippen molar-refractivity contribution in [1.29, 1.82) is 0 Å². The van der Waals surface area contributed by atoms with Crippen LogP contribution in [-0.2, 0) is 6.42 Å². The largest absolute Gasteiger partial charge is 0.344 e. The third-order valence-electron chi connectivity index (χ3n) is 2.66. The van der Waals surface area contributed by atoms with E-state index in [2.05, 4.69) is 16.9 Å². The molecule has 0 aliphatic carbocycles. The maximum absolute atomic E-state index is 5.96. The van der Waals surface area contributed by atoms with Crippen LogP contribution in [0.1, 0.15) is 39.2 Å². The molecule has 0 atom stereocenters. The Kier molecular flexibility index (Phi) is 4.87. The summed E-state index contributed by atoms with van der Waals surface area (Å²) in [5.74, 6) is 0.772. The maximum Gasteiger partial charge on any atom is 0.224 e. The van der Waals surface area contributed by atoms with Crippen LogP contribution in [0.4, 0.5) is 5.95 Å². The van der Waals surface area contributed by atoms with Crippen LogP contribution < -0.4 is 10.6 Å². The second-order valence-corrected chi connectivity index (χ2v) is 5.30. The number of anilines is 1. The van der Waals surface area contributed by atoms with Gasteiger partial charge < -0.3 is 10.6 Å². The van der Waals surface area contributed by atoms with Crippen LogP contribution in [0.2, 0.25) is 0 Å². The number of nitrogens with zero attached hydrogens (tertiary/aromatic N) is 3. The van der Waals surface area contributed by atoms with Crippen LogP contribution in [0.15, 0.2) is 12.4 Å². The fourth-order valence-corrected chi connectivity index (χ4v) is 1.52. The molecule has 4 nitrogen and oxygen atoms in total. The van der Waals surface area contributed by atoms with E-state index in [1.54, 1.807) is 0 Å². The van der Waals surface area contributed by atoms with Gasteiger partial charge in [0.2, 0.25) is 5.95 Å². The molecular weight excluding hydrogens is 212 g/mol. The molecule has 0 fully saturated rings. The summed E-state index contributed by atoms with van der Waals surface area (Å²) < 4.78 is 0. The third kappa shape index (κ3) is 5.13. The van der Waals surface area contributed by atoms with Crippen LogP contribution >= 0.6 is 0 Å². The van der Waals surface area contributed by atoms with Gasteiger partial charge in [0.05, 0.1) is 0 Å². The predicted octanol–water partition coefficient (Wildman–Crippen LogP) is 1.99. The highest BCUT2D eigenvalue weighted by Gasteiger charge is 2.12. The Morgan fingerprint density at radius 1 is 1.29 bits per heavy atom. The van der Waals surface area contributed by atoms with Crippen LogP contribution in [0, 0.1) is 0 Å². The second-order valence-electron chi connectivity index (χ2n) is 5.30. The van der Waals surface area contributed by atoms with Gasteiger partial charge in [0.25, 0.3) is 0 Å². The molecule has 1 aromatic rings. The number of hydrogen-bond donors (Lipinski definition) is 1. The Labute approximate surface area is 104 Å². The summed E-state index contributed by atoms with van der Waals surface area (Å²) in [4.78, 5) is 10.8. The Balaban J connectivity index is 2.54. The summed E-state index contributed by atoms with van der Waals surface area (Å²) in [7, 11) is 2.00. The van der Waals surface area contributed by atoms with Crippen molar-refractivity contribution in [2.24, 2.45) is 5.73 Å². The lowest BCUT2D eigenvalue weighted by Crippen LogP contribution is -2.36. The van der Waals surface area contributed by atoms with Crippen molar-refractivity contribution in [1.82, 2.24) is 9.97 Å². The van der Waals surface area contributed by atoms with E-state index in [4.69, 9.17) is 5.73 Å². The number of hydrogen-bond acceptors (Lipinski definition) is 4. The number of rotatable bonds is 6. The van der Waals surface area contributed by atoms with E-state index >= 15 is 0 Å². The van der Waals surface area contributed by atoms with E-state index in [1.165, 1.54) is 5.56 Å². The van der Waals surface area contributed by atoms with Crippen LogP contribution in [0.25, 0.3) is 0 Å². The molecule has 2 N–H and O–H groups in total. The predicted molar refractivity (Wildman–Crippen MR) is 72.2 cm³/mol. The molecule has 0 amide bonds. The zero-order valence-electron chi connectivity index (χ0n) is 11.4. The lowest BCUT2D eigenvalue weighted by Gasteiger charge is -2.23. The summed E-state index contributed by atoms with van der Waals surface area (Å²) in [6, 6.07) is 0. The first-order chi connectivity index (χ1) is 7.92. The molecule has 1 heterocycles. The highest BCUT2D eigenvalue weighted by Crippen LogP contribution is 2.10. The van der Waals surface area contributed by atoms with E-state index in [0.717, 1.165) is 31.8 Å². The molecule has 4 heteroatoms.